The van der Waals surface area contributed by atoms with Crippen molar-refractivity contribution >= 4 is 35.1 Å². The van der Waals surface area contributed by atoms with Crippen LogP contribution >= 0.6 is 0 Å². The van der Waals surface area contributed by atoms with E-state index in [1.165, 1.54) is 17.3 Å². The van der Waals surface area contributed by atoms with Gasteiger partial charge in [-0.15, -0.1) is 0 Å². The number of anilines is 2. The number of nitrogens with zero attached hydrogens (tertiary/aromatic N) is 1. The monoisotopic (exact) mass is 572 g/mol. The van der Waals surface area contributed by atoms with Crippen molar-refractivity contribution < 1.29 is 41.9 Å². The Morgan fingerprint density at radius 3 is 2.27 bits per heavy atom. The Balaban J connectivity index is 1.84. The first-order chi connectivity index (χ1) is 19.5. The molecule has 0 spiro atoms. The molecule has 3 aromatic carbocycles. The number of para-hydroxylation sites is 2. The van der Waals surface area contributed by atoms with Crippen LogP contribution < -0.4 is 26.2 Å². The number of hydrogen-bond acceptors (Lipinski definition) is 7. The van der Waals surface area contributed by atoms with Gasteiger partial charge in [0.25, 0.3) is 5.91 Å². The molecule has 0 saturated heterocycles. The zero-order valence-electron chi connectivity index (χ0n) is 21.9. The minimum Gasteiger partial charge on any atom is -0.455 e. The SMILES string of the molecule is CC(=O)Nc1ccc(CN(C(=O)CCC(=O)NOC(=O)C(F)(F)F)c2ccccc2Oc2cccc(CN)c2)cc1. The molecule has 3 rings (SSSR count). The van der Waals surface area contributed by atoms with Gasteiger partial charge in [-0.25, -0.2) is 4.79 Å². The van der Waals surface area contributed by atoms with Gasteiger partial charge in [0, 0.05) is 32.0 Å². The smallest absolute Gasteiger partial charge is 0.455 e. The maximum absolute atomic E-state index is 13.4. The molecule has 0 aliphatic rings. The number of rotatable bonds is 10. The fraction of sp³-hybridized carbons (Fsp3) is 0.214. The van der Waals surface area contributed by atoms with E-state index in [-0.39, 0.29) is 19.0 Å². The summed E-state index contributed by atoms with van der Waals surface area (Å²) in [5.74, 6) is -3.73. The molecule has 0 unspecified atom stereocenters. The quantitative estimate of drug-likeness (QED) is 0.307. The molecule has 10 nitrogen and oxygen atoms in total. The second-order valence-electron chi connectivity index (χ2n) is 8.69. The van der Waals surface area contributed by atoms with E-state index in [4.69, 9.17) is 10.5 Å². The van der Waals surface area contributed by atoms with E-state index in [1.54, 1.807) is 66.7 Å². The summed E-state index contributed by atoms with van der Waals surface area (Å²) >= 11 is 0. The molecule has 3 amide bonds. The fourth-order valence-corrected chi connectivity index (χ4v) is 3.58. The zero-order valence-corrected chi connectivity index (χ0v) is 21.9. The van der Waals surface area contributed by atoms with Crippen LogP contribution in [0.15, 0.2) is 72.8 Å². The van der Waals surface area contributed by atoms with Crippen molar-refractivity contribution in [3.63, 3.8) is 0 Å². The lowest BCUT2D eigenvalue weighted by molar-refractivity contribution is -0.207. The number of halogens is 3. The summed E-state index contributed by atoms with van der Waals surface area (Å²) in [6, 6.07) is 20.4. The Labute approximate surface area is 233 Å². The normalized spacial score (nSPS) is 10.9. The third-order valence-electron chi connectivity index (χ3n) is 5.49. The molecule has 216 valence electrons. The van der Waals surface area contributed by atoms with Crippen molar-refractivity contribution in [1.29, 1.82) is 0 Å². The lowest BCUT2D eigenvalue weighted by atomic mass is 10.1. The standard InChI is InChI=1S/C28H27F3N4O6/c1-18(36)33-21-11-9-19(10-12-21)17-35(26(38)14-13-25(37)34-41-27(39)28(29,30)31)23-7-2-3-8-24(23)40-22-6-4-5-20(15-22)16-32/h2-12,15H,13-14,16-17,32H2,1H3,(H,33,36)(H,34,37). The van der Waals surface area contributed by atoms with Crippen LogP contribution in [-0.4, -0.2) is 29.9 Å². The summed E-state index contributed by atoms with van der Waals surface area (Å²) in [6.45, 7) is 1.68. The predicted octanol–water partition coefficient (Wildman–Crippen LogP) is 4.35. The van der Waals surface area contributed by atoms with Crippen LogP contribution in [0, 0.1) is 0 Å². The fourth-order valence-electron chi connectivity index (χ4n) is 3.58. The Morgan fingerprint density at radius 1 is 0.902 bits per heavy atom. The van der Waals surface area contributed by atoms with Crippen LogP contribution in [0.4, 0.5) is 24.5 Å². The van der Waals surface area contributed by atoms with E-state index in [0.717, 1.165) is 5.56 Å². The van der Waals surface area contributed by atoms with Gasteiger partial charge in [-0.1, -0.05) is 36.4 Å². The van der Waals surface area contributed by atoms with Gasteiger partial charge in [0.1, 0.15) is 5.75 Å². The third kappa shape index (κ3) is 9.35. The maximum atomic E-state index is 13.4. The number of amides is 3. The largest absolute Gasteiger partial charge is 0.493 e. The Kier molecular flexibility index (Phi) is 10.4. The molecule has 0 radical (unpaired) electrons. The molecule has 13 heteroatoms. The molecule has 0 aromatic heterocycles. The summed E-state index contributed by atoms with van der Waals surface area (Å²) in [6.07, 6.45) is -6.29. The van der Waals surface area contributed by atoms with E-state index >= 15 is 0 Å². The summed E-state index contributed by atoms with van der Waals surface area (Å²) in [5, 5.41) is 2.65. The van der Waals surface area contributed by atoms with Gasteiger partial charge >= 0.3 is 12.1 Å². The van der Waals surface area contributed by atoms with Crippen molar-refractivity contribution in [2.45, 2.75) is 39.0 Å². The summed E-state index contributed by atoms with van der Waals surface area (Å²) in [4.78, 5) is 52.7. The third-order valence-corrected chi connectivity index (χ3v) is 5.49. The van der Waals surface area contributed by atoms with E-state index < -0.39 is 36.8 Å². The molecule has 0 bridgehead atoms. The van der Waals surface area contributed by atoms with Gasteiger partial charge in [-0.3, -0.25) is 14.4 Å². The van der Waals surface area contributed by atoms with E-state index in [0.29, 0.717) is 28.4 Å². The first-order valence-electron chi connectivity index (χ1n) is 12.3. The molecule has 0 heterocycles. The van der Waals surface area contributed by atoms with Crippen molar-refractivity contribution in [1.82, 2.24) is 5.48 Å². The van der Waals surface area contributed by atoms with Gasteiger partial charge in [0.2, 0.25) is 11.8 Å². The summed E-state index contributed by atoms with van der Waals surface area (Å²) in [7, 11) is 0. The minimum absolute atomic E-state index is 0.0209. The van der Waals surface area contributed by atoms with Gasteiger partial charge < -0.3 is 25.5 Å². The number of alkyl halides is 3. The van der Waals surface area contributed by atoms with Crippen LogP contribution in [0.3, 0.4) is 0 Å². The van der Waals surface area contributed by atoms with Crippen LogP contribution in [0.25, 0.3) is 0 Å². The van der Waals surface area contributed by atoms with Gasteiger partial charge in [-0.2, -0.15) is 18.7 Å². The van der Waals surface area contributed by atoms with Crippen molar-refractivity contribution in [2.75, 3.05) is 10.2 Å². The topological polar surface area (TPSA) is 140 Å². The molecule has 0 fully saturated rings. The highest BCUT2D eigenvalue weighted by atomic mass is 19.4. The van der Waals surface area contributed by atoms with Crippen LogP contribution in [0.1, 0.15) is 30.9 Å². The average molecular weight is 573 g/mol. The Hall–Kier alpha value is -4.91. The number of hydroxylamine groups is 1. The molecular weight excluding hydrogens is 545 g/mol. The molecule has 0 atom stereocenters. The predicted molar refractivity (Wildman–Crippen MR) is 142 cm³/mol. The van der Waals surface area contributed by atoms with Crippen LogP contribution in [0.5, 0.6) is 11.5 Å². The molecule has 0 aliphatic carbocycles. The average Bonchev–Trinajstić information content (AvgIpc) is 2.94. The van der Waals surface area contributed by atoms with Crippen molar-refractivity contribution in [3.05, 3.63) is 83.9 Å². The second kappa shape index (κ2) is 13.9. The molecule has 41 heavy (non-hydrogen) atoms. The number of hydrogen-bond donors (Lipinski definition) is 3. The number of ether oxygens (including phenoxy) is 1. The highest BCUT2D eigenvalue weighted by Crippen LogP contribution is 2.34. The van der Waals surface area contributed by atoms with Crippen molar-refractivity contribution in [3.8, 4) is 11.5 Å². The molecular formula is C28H27F3N4O6. The number of benzene rings is 3. The number of nitrogens with two attached hydrogens (primary N) is 1. The maximum Gasteiger partial charge on any atom is 0.493 e. The Bertz CT molecular complexity index is 1400. The van der Waals surface area contributed by atoms with Gasteiger partial charge in [-0.05, 0) is 47.5 Å². The van der Waals surface area contributed by atoms with E-state index in [1.807, 2.05) is 6.07 Å². The van der Waals surface area contributed by atoms with Crippen LogP contribution in [0.2, 0.25) is 0 Å². The highest BCUT2D eigenvalue weighted by molar-refractivity contribution is 5.96. The minimum atomic E-state index is -5.29. The first-order valence-corrected chi connectivity index (χ1v) is 12.3. The number of carbonyl (C=O) groups excluding carboxylic acids is 4. The zero-order chi connectivity index (χ0) is 30.0. The highest BCUT2D eigenvalue weighted by Gasteiger charge is 2.42. The first kappa shape index (κ1) is 30.6. The number of carbonyl (C=O) groups is 4. The van der Waals surface area contributed by atoms with Crippen LogP contribution in [-0.2, 0) is 37.1 Å². The molecule has 0 aliphatic heterocycles. The molecule has 0 saturated carbocycles. The van der Waals surface area contributed by atoms with Gasteiger partial charge in [0.15, 0.2) is 5.75 Å². The van der Waals surface area contributed by atoms with E-state index in [9.17, 15) is 32.3 Å². The van der Waals surface area contributed by atoms with Crippen molar-refractivity contribution in [2.24, 2.45) is 5.73 Å². The second-order valence-corrected chi connectivity index (χ2v) is 8.69. The summed E-state index contributed by atoms with van der Waals surface area (Å²) < 4.78 is 43.0. The summed E-state index contributed by atoms with van der Waals surface area (Å²) in [5.41, 5.74) is 9.51. The number of nitrogens with one attached hydrogen (secondary N) is 2. The van der Waals surface area contributed by atoms with E-state index in [2.05, 4.69) is 10.2 Å². The lowest BCUT2D eigenvalue weighted by Gasteiger charge is -2.25. The molecule has 4 N–H and O–H groups in total. The molecule has 3 aromatic rings. The Morgan fingerprint density at radius 2 is 1.61 bits per heavy atom. The lowest BCUT2D eigenvalue weighted by Crippen LogP contribution is -2.36. The van der Waals surface area contributed by atoms with Gasteiger partial charge in [0.05, 0.1) is 12.2 Å².